The predicted octanol–water partition coefficient (Wildman–Crippen LogP) is 3.39. The molecule has 2 aromatic carbocycles. The first kappa shape index (κ1) is 28.0. The van der Waals surface area contributed by atoms with E-state index in [0.717, 1.165) is 0 Å². The summed E-state index contributed by atoms with van der Waals surface area (Å²) in [6.07, 6.45) is 0. The zero-order valence-corrected chi connectivity index (χ0v) is 22.8. The van der Waals surface area contributed by atoms with Crippen LogP contribution in [0, 0.1) is 5.82 Å². The van der Waals surface area contributed by atoms with Crippen molar-refractivity contribution in [1.82, 2.24) is 19.4 Å². The molecular weight excluding hydrogens is 535 g/mol. The SMILES string of the molecule is CCOC(=O)C1=C(CN2CCN(S(=O)(=O)c3ccc(Cl)cc3)CC2)N(CC)C(=O)N[C@@H]1c1cccc(F)c1. The van der Waals surface area contributed by atoms with Crippen LogP contribution in [-0.4, -0.2) is 80.4 Å². The average molecular weight is 565 g/mol. The Morgan fingerprint density at radius 2 is 1.79 bits per heavy atom. The van der Waals surface area contributed by atoms with Crippen molar-refractivity contribution in [1.29, 1.82) is 0 Å². The van der Waals surface area contributed by atoms with Gasteiger partial charge in [0.05, 0.1) is 23.1 Å². The van der Waals surface area contributed by atoms with Gasteiger partial charge in [0.1, 0.15) is 5.82 Å². The summed E-state index contributed by atoms with van der Waals surface area (Å²) in [7, 11) is -3.69. The van der Waals surface area contributed by atoms with Gasteiger partial charge < -0.3 is 10.1 Å². The van der Waals surface area contributed by atoms with Crippen LogP contribution in [0.2, 0.25) is 5.02 Å². The summed E-state index contributed by atoms with van der Waals surface area (Å²) in [6.45, 7) is 5.37. The Balaban J connectivity index is 1.61. The molecule has 1 N–H and O–H groups in total. The molecule has 0 unspecified atom stereocenters. The molecule has 12 heteroatoms. The Kier molecular flexibility index (Phi) is 8.71. The molecule has 1 atom stereocenters. The quantitative estimate of drug-likeness (QED) is 0.494. The van der Waals surface area contributed by atoms with Crippen LogP contribution in [0.15, 0.2) is 64.7 Å². The summed E-state index contributed by atoms with van der Waals surface area (Å²) in [5, 5.41) is 3.26. The Morgan fingerprint density at radius 1 is 1.11 bits per heavy atom. The predicted molar refractivity (Wildman–Crippen MR) is 140 cm³/mol. The minimum Gasteiger partial charge on any atom is -0.463 e. The summed E-state index contributed by atoms with van der Waals surface area (Å²) in [5.74, 6) is -1.09. The minimum absolute atomic E-state index is 0.132. The maximum Gasteiger partial charge on any atom is 0.338 e. The summed E-state index contributed by atoms with van der Waals surface area (Å²) >= 11 is 5.90. The van der Waals surface area contributed by atoms with E-state index < -0.39 is 33.9 Å². The molecule has 204 valence electrons. The van der Waals surface area contributed by atoms with Crippen LogP contribution in [0.1, 0.15) is 25.5 Å². The van der Waals surface area contributed by atoms with E-state index in [1.54, 1.807) is 19.9 Å². The van der Waals surface area contributed by atoms with Crippen molar-refractivity contribution in [2.24, 2.45) is 0 Å². The minimum atomic E-state index is -3.69. The second kappa shape index (κ2) is 11.8. The van der Waals surface area contributed by atoms with Crippen LogP contribution in [0.4, 0.5) is 9.18 Å². The Bertz CT molecular complexity index is 1330. The molecule has 1 saturated heterocycles. The highest BCUT2D eigenvalue weighted by Crippen LogP contribution is 2.32. The normalized spacial score (nSPS) is 19.4. The molecule has 0 saturated carbocycles. The Morgan fingerprint density at radius 3 is 2.39 bits per heavy atom. The number of benzene rings is 2. The van der Waals surface area contributed by atoms with Gasteiger partial charge in [-0.2, -0.15) is 4.31 Å². The number of nitrogens with one attached hydrogen (secondary N) is 1. The highest BCUT2D eigenvalue weighted by atomic mass is 35.5. The molecule has 1 fully saturated rings. The molecular formula is C26H30ClFN4O5S. The van der Waals surface area contributed by atoms with Crippen LogP contribution in [0.25, 0.3) is 0 Å². The summed E-state index contributed by atoms with van der Waals surface area (Å²) < 4.78 is 47.0. The topological polar surface area (TPSA) is 99.3 Å². The first-order valence-electron chi connectivity index (χ1n) is 12.4. The number of urea groups is 1. The number of halogens is 2. The van der Waals surface area contributed by atoms with E-state index in [0.29, 0.717) is 35.9 Å². The van der Waals surface area contributed by atoms with Crippen molar-refractivity contribution in [3.63, 3.8) is 0 Å². The lowest BCUT2D eigenvalue weighted by atomic mass is 9.94. The molecule has 2 aliphatic rings. The van der Waals surface area contributed by atoms with Gasteiger partial charge in [-0.15, -0.1) is 0 Å². The standard InChI is InChI=1S/C26H30ClFN4O5S/c1-3-32-22(17-30-12-14-31(15-13-30)38(35,36)21-10-8-19(27)9-11-21)23(25(33)37-4-2)24(29-26(32)34)18-6-5-7-20(28)16-18/h5-11,16,24H,3-4,12-15,17H2,1-2H3,(H,29,34)/t24-/m1/s1. The van der Waals surface area contributed by atoms with Gasteiger partial charge in [-0.05, 0) is 55.8 Å². The largest absolute Gasteiger partial charge is 0.463 e. The fourth-order valence-electron chi connectivity index (χ4n) is 4.69. The number of piperazine rings is 1. The van der Waals surface area contributed by atoms with Gasteiger partial charge in [0.2, 0.25) is 10.0 Å². The molecule has 38 heavy (non-hydrogen) atoms. The highest BCUT2D eigenvalue weighted by molar-refractivity contribution is 7.89. The number of carbonyl (C=O) groups is 2. The van der Waals surface area contributed by atoms with Gasteiger partial charge in [-0.25, -0.2) is 22.4 Å². The molecule has 0 aliphatic carbocycles. The molecule has 2 aliphatic heterocycles. The summed E-state index contributed by atoms with van der Waals surface area (Å²) in [5.41, 5.74) is 1.11. The third kappa shape index (κ3) is 5.85. The number of esters is 1. The van der Waals surface area contributed by atoms with Gasteiger partial charge >= 0.3 is 12.0 Å². The number of amides is 2. The number of carbonyl (C=O) groups excluding carboxylic acids is 2. The molecule has 2 aromatic rings. The van der Waals surface area contributed by atoms with Crippen LogP contribution >= 0.6 is 11.6 Å². The molecule has 0 bridgehead atoms. The maximum atomic E-state index is 14.1. The van der Waals surface area contributed by atoms with E-state index in [1.807, 2.05) is 4.90 Å². The van der Waals surface area contributed by atoms with Gasteiger partial charge in [0.15, 0.2) is 0 Å². The third-order valence-electron chi connectivity index (χ3n) is 6.59. The fourth-order valence-corrected chi connectivity index (χ4v) is 6.24. The molecule has 0 radical (unpaired) electrons. The monoisotopic (exact) mass is 564 g/mol. The van der Waals surface area contributed by atoms with Gasteiger partial charge in [0.25, 0.3) is 0 Å². The van der Waals surface area contributed by atoms with E-state index in [9.17, 15) is 22.4 Å². The number of hydrogen-bond acceptors (Lipinski definition) is 6. The number of hydrogen-bond donors (Lipinski definition) is 1. The van der Waals surface area contributed by atoms with Crippen LogP contribution in [-0.2, 0) is 19.6 Å². The Labute approximate surface area is 226 Å². The van der Waals surface area contributed by atoms with Gasteiger partial charge in [0, 0.05) is 50.0 Å². The number of rotatable bonds is 8. The zero-order chi connectivity index (χ0) is 27.4. The molecule has 0 spiro atoms. The molecule has 2 amide bonds. The van der Waals surface area contributed by atoms with Crippen LogP contribution < -0.4 is 5.32 Å². The lowest BCUT2D eigenvalue weighted by Gasteiger charge is -2.40. The number of likely N-dealkylation sites (N-methyl/N-ethyl adjacent to an activating group) is 1. The summed E-state index contributed by atoms with van der Waals surface area (Å²) in [4.78, 5) is 29.9. The van der Waals surface area contributed by atoms with Gasteiger partial charge in [-0.1, -0.05) is 23.7 Å². The lowest BCUT2D eigenvalue weighted by molar-refractivity contribution is -0.139. The van der Waals surface area contributed by atoms with E-state index in [1.165, 1.54) is 51.7 Å². The second-order valence-corrected chi connectivity index (χ2v) is 11.3. The number of ether oxygens (including phenoxy) is 1. The number of nitrogens with zero attached hydrogens (tertiary/aromatic N) is 3. The zero-order valence-electron chi connectivity index (χ0n) is 21.2. The van der Waals surface area contributed by atoms with E-state index in [-0.39, 0.29) is 36.7 Å². The van der Waals surface area contributed by atoms with Crippen molar-refractivity contribution in [2.75, 3.05) is 45.9 Å². The summed E-state index contributed by atoms with van der Waals surface area (Å²) in [6, 6.07) is 10.5. The van der Waals surface area contributed by atoms with Gasteiger partial charge in [-0.3, -0.25) is 9.80 Å². The van der Waals surface area contributed by atoms with E-state index >= 15 is 0 Å². The van der Waals surface area contributed by atoms with Crippen LogP contribution in [0.5, 0.6) is 0 Å². The van der Waals surface area contributed by atoms with E-state index in [2.05, 4.69) is 5.32 Å². The van der Waals surface area contributed by atoms with Crippen LogP contribution in [0.3, 0.4) is 0 Å². The number of sulfonamides is 1. The average Bonchev–Trinajstić information content (AvgIpc) is 2.89. The molecule has 0 aromatic heterocycles. The van der Waals surface area contributed by atoms with E-state index in [4.69, 9.17) is 16.3 Å². The first-order chi connectivity index (χ1) is 18.1. The first-order valence-corrected chi connectivity index (χ1v) is 14.2. The van der Waals surface area contributed by atoms with Crippen molar-refractivity contribution in [3.05, 3.63) is 76.2 Å². The molecule has 4 rings (SSSR count). The molecule has 2 heterocycles. The third-order valence-corrected chi connectivity index (χ3v) is 8.75. The maximum absolute atomic E-state index is 14.1. The fraction of sp³-hybridized carbons (Fsp3) is 0.385. The highest BCUT2D eigenvalue weighted by Gasteiger charge is 2.39. The van der Waals surface area contributed by atoms with Crippen molar-refractivity contribution in [3.8, 4) is 0 Å². The molecule has 9 nitrogen and oxygen atoms in total. The van der Waals surface area contributed by atoms with Crippen molar-refractivity contribution < 1.29 is 27.1 Å². The van der Waals surface area contributed by atoms with Crippen molar-refractivity contribution in [2.45, 2.75) is 24.8 Å². The van der Waals surface area contributed by atoms with Crippen molar-refractivity contribution >= 4 is 33.6 Å². The lowest BCUT2D eigenvalue weighted by Crippen LogP contribution is -2.53. The Hall–Kier alpha value is -2.99. The second-order valence-electron chi connectivity index (χ2n) is 8.90. The smallest absolute Gasteiger partial charge is 0.338 e.